The van der Waals surface area contributed by atoms with E-state index in [2.05, 4.69) is 45.2 Å². The van der Waals surface area contributed by atoms with E-state index in [0.29, 0.717) is 12.2 Å². The highest BCUT2D eigenvalue weighted by Gasteiger charge is 2.26. The first-order valence-electron chi connectivity index (χ1n) is 9.03. The smallest absolute Gasteiger partial charge is 0.255 e. The molecule has 1 amide bonds. The van der Waals surface area contributed by atoms with Crippen LogP contribution in [0.3, 0.4) is 0 Å². The average Bonchev–Trinajstić information content (AvgIpc) is 2.95. The number of halogens is 1. The van der Waals surface area contributed by atoms with Crippen LogP contribution in [0.15, 0.2) is 34.9 Å². The molecule has 1 atom stereocenters. The molecule has 0 aliphatic carbocycles. The Morgan fingerprint density at radius 1 is 1.37 bits per heavy atom. The molecule has 0 fully saturated rings. The maximum absolute atomic E-state index is 13.1. The predicted octanol–water partition coefficient (Wildman–Crippen LogP) is 4.18. The number of para-hydroxylation sites is 1. The standard InChI is InChI=1S/C20H21BrN4O2/c1-11(2)18-14(10-22-19-17(21)12(3)24-25(18)19)20(26)23-15-8-9-27-16-7-5-4-6-13(15)16/h4-7,10-11,15H,8-9H2,1-3H3,(H,23,26)/t15-/m0/s1. The zero-order valence-corrected chi connectivity index (χ0v) is 17.1. The molecular weight excluding hydrogens is 408 g/mol. The average molecular weight is 429 g/mol. The van der Waals surface area contributed by atoms with Crippen LogP contribution in [-0.4, -0.2) is 27.1 Å². The molecule has 27 heavy (non-hydrogen) atoms. The Bertz CT molecular complexity index is 1030. The van der Waals surface area contributed by atoms with Gasteiger partial charge in [-0.2, -0.15) is 5.10 Å². The van der Waals surface area contributed by atoms with Gasteiger partial charge in [0.1, 0.15) is 5.75 Å². The normalized spacial score (nSPS) is 16.3. The molecule has 1 aliphatic rings. The fourth-order valence-corrected chi connectivity index (χ4v) is 3.89. The zero-order valence-electron chi connectivity index (χ0n) is 15.5. The molecule has 0 saturated carbocycles. The Kier molecular flexibility index (Phi) is 4.63. The first kappa shape index (κ1) is 18.0. The van der Waals surface area contributed by atoms with Crippen LogP contribution in [0.5, 0.6) is 5.75 Å². The number of benzene rings is 1. The molecule has 3 heterocycles. The minimum atomic E-state index is -0.140. The molecule has 6 nitrogen and oxygen atoms in total. The van der Waals surface area contributed by atoms with Crippen molar-refractivity contribution in [2.75, 3.05) is 6.61 Å². The molecule has 3 aromatic rings. The molecule has 0 radical (unpaired) electrons. The monoisotopic (exact) mass is 428 g/mol. The number of nitrogens with one attached hydrogen (secondary N) is 1. The summed E-state index contributed by atoms with van der Waals surface area (Å²) in [6.45, 7) is 6.61. The molecule has 0 spiro atoms. The van der Waals surface area contributed by atoms with Crippen LogP contribution in [0.4, 0.5) is 0 Å². The van der Waals surface area contributed by atoms with Crippen LogP contribution in [0.1, 0.15) is 59.5 Å². The lowest BCUT2D eigenvalue weighted by Crippen LogP contribution is -2.33. The summed E-state index contributed by atoms with van der Waals surface area (Å²) >= 11 is 3.53. The second-order valence-corrected chi connectivity index (χ2v) is 7.84. The first-order chi connectivity index (χ1) is 13.0. The maximum atomic E-state index is 13.1. The number of fused-ring (bicyclic) bond motifs is 2. The highest BCUT2D eigenvalue weighted by atomic mass is 79.9. The summed E-state index contributed by atoms with van der Waals surface area (Å²) in [5.41, 5.74) is 3.99. The number of ether oxygens (including phenoxy) is 1. The summed E-state index contributed by atoms with van der Waals surface area (Å²) in [6.07, 6.45) is 2.39. The maximum Gasteiger partial charge on any atom is 0.255 e. The van der Waals surface area contributed by atoms with Crippen molar-refractivity contribution in [1.82, 2.24) is 19.9 Å². The van der Waals surface area contributed by atoms with Crippen LogP contribution in [0, 0.1) is 6.92 Å². The van der Waals surface area contributed by atoms with E-state index in [1.807, 2.05) is 31.2 Å². The van der Waals surface area contributed by atoms with Gasteiger partial charge in [0.05, 0.1) is 34.1 Å². The van der Waals surface area contributed by atoms with Crippen molar-refractivity contribution in [3.05, 3.63) is 57.4 Å². The Labute approximate surface area is 166 Å². The Morgan fingerprint density at radius 3 is 2.93 bits per heavy atom. The number of carbonyl (C=O) groups is 1. The van der Waals surface area contributed by atoms with Crippen molar-refractivity contribution in [3.8, 4) is 5.75 Å². The van der Waals surface area contributed by atoms with E-state index < -0.39 is 0 Å². The van der Waals surface area contributed by atoms with E-state index in [0.717, 1.165) is 39.2 Å². The number of rotatable bonds is 3. The van der Waals surface area contributed by atoms with Gasteiger partial charge in [-0.3, -0.25) is 4.79 Å². The summed E-state index contributed by atoms with van der Waals surface area (Å²) in [5.74, 6) is 0.807. The number of hydrogen-bond acceptors (Lipinski definition) is 4. The van der Waals surface area contributed by atoms with Gasteiger partial charge in [-0.25, -0.2) is 9.50 Å². The van der Waals surface area contributed by atoms with Gasteiger partial charge in [-0.1, -0.05) is 32.0 Å². The van der Waals surface area contributed by atoms with Crippen LogP contribution in [-0.2, 0) is 0 Å². The third kappa shape index (κ3) is 3.10. The van der Waals surface area contributed by atoms with Gasteiger partial charge in [0.2, 0.25) is 0 Å². The van der Waals surface area contributed by atoms with E-state index in [-0.39, 0.29) is 17.9 Å². The minimum absolute atomic E-state index is 0.0794. The largest absolute Gasteiger partial charge is 0.493 e. The van der Waals surface area contributed by atoms with Crippen molar-refractivity contribution in [2.24, 2.45) is 0 Å². The Balaban J connectivity index is 1.73. The third-order valence-electron chi connectivity index (χ3n) is 4.84. The van der Waals surface area contributed by atoms with Crippen molar-refractivity contribution in [2.45, 2.75) is 39.2 Å². The van der Waals surface area contributed by atoms with Gasteiger partial charge in [0.15, 0.2) is 5.65 Å². The number of nitrogens with zero attached hydrogens (tertiary/aromatic N) is 3. The predicted molar refractivity (Wildman–Crippen MR) is 106 cm³/mol. The summed E-state index contributed by atoms with van der Waals surface area (Å²) in [5, 5.41) is 7.73. The molecule has 1 aromatic carbocycles. The quantitative estimate of drug-likeness (QED) is 0.679. The van der Waals surface area contributed by atoms with Gasteiger partial charge >= 0.3 is 0 Å². The SMILES string of the molecule is Cc1nn2c(C(C)C)c(C(=O)N[C@H]3CCOc4ccccc43)cnc2c1Br. The van der Waals surface area contributed by atoms with Gasteiger partial charge in [-0.15, -0.1) is 0 Å². The van der Waals surface area contributed by atoms with Crippen LogP contribution in [0.25, 0.3) is 5.65 Å². The molecular formula is C20H21BrN4O2. The number of amides is 1. The number of hydrogen-bond donors (Lipinski definition) is 1. The summed E-state index contributed by atoms with van der Waals surface area (Å²) < 4.78 is 8.32. The van der Waals surface area contributed by atoms with Crippen molar-refractivity contribution in [3.63, 3.8) is 0 Å². The van der Waals surface area contributed by atoms with Gasteiger partial charge < -0.3 is 10.1 Å². The van der Waals surface area contributed by atoms with Crippen LogP contribution < -0.4 is 10.1 Å². The second-order valence-electron chi connectivity index (χ2n) is 7.05. The van der Waals surface area contributed by atoms with Gasteiger partial charge in [0, 0.05) is 18.2 Å². The summed E-state index contributed by atoms with van der Waals surface area (Å²) in [6, 6.07) is 7.76. The molecule has 1 N–H and O–H groups in total. The van der Waals surface area contributed by atoms with E-state index in [9.17, 15) is 4.79 Å². The fraction of sp³-hybridized carbons (Fsp3) is 0.350. The molecule has 1 aliphatic heterocycles. The fourth-order valence-electron chi connectivity index (χ4n) is 3.54. The van der Waals surface area contributed by atoms with E-state index >= 15 is 0 Å². The molecule has 4 rings (SSSR count). The topological polar surface area (TPSA) is 68.5 Å². The first-order valence-corrected chi connectivity index (χ1v) is 9.83. The number of aryl methyl sites for hydroxylation is 1. The highest BCUT2D eigenvalue weighted by Crippen LogP contribution is 2.32. The van der Waals surface area contributed by atoms with Crippen LogP contribution in [0.2, 0.25) is 0 Å². The Morgan fingerprint density at radius 2 is 2.15 bits per heavy atom. The molecule has 7 heteroatoms. The Hall–Kier alpha value is -2.41. The number of carbonyl (C=O) groups excluding carboxylic acids is 1. The summed E-state index contributed by atoms with van der Waals surface area (Å²) in [7, 11) is 0. The highest BCUT2D eigenvalue weighted by molar-refractivity contribution is 9.10. The lowest BCUT2D eigenvalue weighted by atomic mass is 9.99. The van der Waals surface area contributed by atoms with Gasteiger partial charge in [0.25, 0.3) is 5.91 Å². The minimum Gasteiger partial charge on any atom is -0.493 e. The van der Waals surface area contributed by atoms with Crippen molar-refractivity contribution < 1.29 is 9.53 Å². The molecule has 0 bridgehead atoms. The van der Waals surface area contributed by atoms with E-state index in [1.54, 1.807) is 10.7 Å². The number of aromatic nitrogens is 3. The van der Waals surface area contributed by atoms with Crippen molar-refractivity contribution in [1.29, 1.82) is 0 Å². The second kappa shape index (κ2) is 6.96. The van der Waals surface area contributed by atoms with Crippen molar-refractivity contribution >= 4 is 27.5 Å². The summed E-state index contributed by atoms with van der Waals surface area (Å²) in [4.78, 5) is 17.6. The van der Waals surface area contributed by atoms with E-state index in [4.69, 9.17) is 4.74 Å². The third-order valence-corrected chi connectivity index (χ3v) is 5.77. The lowest BCUT2D eigenvalue weighted by molar-refractivity contribution is 0.0922. The zero-order chi connectivity index (χ0) is 19.1. The van der Waals surface area contributed by atoms with E-state index in [1.165, 1.54) is 0 Å². The van der Waals surface area contributed by atoms with Crippen LogP contribution >= 0.6 is 15.9 Å². The molecule has 0 saturated heterocycles. The molecule has 0 unspecified atom stereocenters. The molecule has 2 aromatic heterocycles. The van der Waals surface area contributed by atoms with Gasteiger partial charge in [-0.05, 0) is 34.8 Å². The lowest BCUT2D eigenvalue weighted by Gasteiger charge is -2.27. The molecule has 140 valence electrons.